The molecule has 2 atom stereocenters. The highest BCUT2D eigenvalue weighted by Crippen LogP contribution is 2.37. The van der Waals surface area contributed by atoms with Crippen LogP contribution in [0.5, 0.6) is 0 Å². The summed E-state index contributed by atoms with van der Waals surface area (Å²) in [7, 11) is -4.31. The normalized spacial score (nSPS) is 15.4. The Kier molecular flexibility index (Phi) is 7.56. The molecule has 0 radical (unpaired) electrons. The van der Waals surface area contributed by atoms with Crippen molar-refractivity contribution in [2.75, 3.05) is 0 Å². The maximum absolute atomic E-state index is 6.73. The van der Waals surface area contributed by atoms with E-state index < -0.39 is 16.6 Å². The van der Waals surface area contributed by atoms with Crippen LogP contribution in [0, 0.1) is 0 Å². The highest BCUT2D eigenvalue weighted by atomic mass is 28.4. The second kappa shape index (κ2) is 7.83. The Hall–Kier alpha value is -0.646. The predicted molar refractivity (Wildman–Crippen MR) is 92.8 cm³/mol. The average Bonchev–Trinajstić information content (AvgIpc) is 2.48. The lowest BCUT2D eigenvalue weighted by Crippen LogP contribution is -2.52. The first-order valence-corrected chi connectivity index (χ1v) is 11.4. The quantitative estimate of drug-likeness (QED) is 0.490. The molecule has 0 aromatic carbocycles. The monoisotopic (exact) mass is 294 g/mol. The van der Waals surface area contributed by atoms with E-state index in [1.807, 2.05) is 22.8 Å². The van der Waals surface area contributed by atoms with E-state index in [0.717, 1.165) is 12.8 Å². The van der Waals surface area contributed by atoms with Crippen molar-refractivity contribution in [1.82, 2.24) is 0 Å². The molecule has 0 aliphatic carbocycles. The van der Waals surface area contributed by atoms with Crippen molar-refractivity contribution in [2.24, 2.45) is 0 Å². The zero-order valence-electron chi connectivity index (χ0n) is 13.1. The van der Waals surface area contributed by atoms with Crippen molar-refractivity contribution in [3.63, 3.8) is 0 Å². The Bertz CT molecular complexity index is 288. The molecule has 0 fully saturated rings. The summed E-state index contributed by atoms with van der Waals surface area (Å²) in [5.41, 5.74) is 9.02. The summed E-state index contributed by atoms with van der Waals surface area (Å²) in [6, 6.07) is 0. The van der Waals surface area contributed by atoms with E-state index in [1.165, 1.54) is 0 Å². The SMILES string of the molecule is C=C[Si](C=C)(O[Si](C=C)(C=C)C(C)CC)C(C)CC. The molecule has 0 aliphatic rings. The minimum Gasteiger partial charge on any atom is -0.443 e. The van der Waals surface area contributed by atoms with Gasteiger partial charge in [-0.15, -0.1) is 26.3 Å². The van der Waals surface area contributed by atoms with E-state index in [0.29, 0.717) is 11.1 Å². The van der Waals surface area contributed by atoms with E-state index in [2.05, 4.69) is 54.0 Å². The van der Waals surface area contributed by atoms with Gasteiger partial charge >= 0.3 is 0 Å². The molecule has 0 N–H and O–H groups in total. The fourth-order valence-corrected chi connectivity index (χ4v) is 10.9. The molecule has 19 heavy (non-hydrogen) atoms. The lowest BCUT2D eigenvalue weighted by Gasteiger charge is -2.41. The second-order valence-electron chi connectivity index (χ2n) is 5.24. The summed E-state index contributed by atoms with van der Waals surface area (Å²) in [6.45, 7) is 25.0. The fourth-order valence-electron chi connectivity index (χ4n) is 2.28. The van der Waals surface area contributed by atoms with Crippen LogP contribution >= 0.6 is 0 Å². The van der Waals surface area contributed by atoms with E-state index in [1.54, 1.807) is 0 Å². The topological polar surface area (TPSA) is 9.23 Å². The molecule has 0 saturated carbocycles. The lowest BCUT2D eigenvalue weighted by molar-refractivity contribution is 0.519. The molecule has 2 unspecified atom stereocenters. The molecule has 3 heteroatoms. The molecule has 0 saturated heterocycles. The molecule has 0 heterocycles. The molecule has 0 aliphatic heterocycles. The minimum absolute atomic E-state index is 0.471. The van der Waals surface area contributed by atoms with Gasteiger partial charge in [0.15, 0.2) is 0 Å². The van der Waals surface area contributed by atoms with Gasteiger partial charge < -0.3 is 4.12 Å². The second-order valence-corrected chi connectivity index (χ2v) is 13.1. The van der Waals surface area contributed by atoms with Gasteiger partial charge in [0.1, 0.15) is 0 Å². The molecule has 0 aromatic heterocycles. The number of hydrogen-bond acceptors (Lipinski definition) is 1. The Balaban J connectivity index is 5.62. The van der Waals surface area contributed by atoms with E-state index in [9.17, 15) is 0 Å². The van der Waals surface area contributed by atoms with Gasteiger partial charge in [-0.3, -0.25) is 0 Å². The molecule has 108 valence electrons. The van der Waals surface area contributed by atoms with Crippen molar-refractivity contribution >= 4 is 16.6 Å². The average molecular weight is 295 g/mol. The zero-order chi connectivity index (χ0) is 15.1. The van der Waals surface area contributed by atoms with Crippen molar-refractivity contribution in [1.29, 1.82) is 0 Å². The van der Waals surface area contributed by atoms with Crippen LogP contribution in [0.1, 0.15) is 40.5 Å². The maximum Gasteiger partial charge on any atom is 0.232 e. The minimum atomic E-state index is -2.16. The highest BCUT2D eigenvalue weighted by Gasteiger charge is 2.44. The highest BCUT2D eigenvalue weighted by molar-refractivity contribution is 6.97. The van der Waals surface area contributed by atoms with Gasteiger partial charge in [0.05, 0.1) is 0 Å². The first-order chi connectivity index (χ1) is 8.91. The molecule has 0 rings (SSSR count). The van der Waals surface area contributed by atoms with Crippen LogP contribution < -0.4 is 0 Å². The molecule has 0 amide bonds. The third kappa shape index (κ3) is 3.68. The maximum atomic E-state index is 6.73. The largest absolute Gasteiger partial charge is 0.443 e. The van der Waals surface area contributed by atoms with Crippen LogP contribution in [-0.2, 0) is 4.12 Å². The van der Waals surface area contributed by atoms with Crippen LogP contribution in [0.4, 0.5) is 0 Å². The van der Waals surface area contributed by atoms with Crippen molar-refractivity contribution in [3.05, 3.63) is 49.1 Å². The summed E-state index contributed by atoms with van der Waals surface area (Å²) in [4.78, 5) is 0. The molecular weight excluding hydrogens is 264 g/mol. The van der Waals surface area contributed by atoms with Crippen molar-refractivity contribution < 1.29 is 4.12 Å². The van der Waals surface area contributed by atoms with E-state index in [4.69, 9.17) is 4.12 Å². The molecule has 0 spiro atoms. The Morgan fingerprint density at radius 1 is 0.789 bits per heavy atom. The van der Waals surface area contributed by atoms with Crippen LogP contribution in [0.3, 0.4) is 0 Å². The molecule has 1 nitrogen and oxygen atoms in total. The van der Waals surface area contributed by atoms with Crippen LogP contribution in [-0.4, -0.2) is 16.6 Å². The molecule has 0 bridgehead atoms. The third-order valence-electron chi connectivity index (χ3n) is 4.39. The van der Waals surface area contributed by atoms with Crippen molar-refractivity contribution in [2.45, 2.75) is 51.6 Å². The summed E-state index contributed by atoms with van der Waals surface area (Å²) in [5, 5.41) is 0. The standard InChI is InChI=1S/C16H30OSi2/c1-9-15(7)18(11-3,12-4)17-19(13-5,14-6)16(8)10-2/h11-16H,3-6,9-10H2,1-2,7-8H3. The Morgan fingerprint density at radius 2 is 1.05 bits per heavy atom. The predicted octanol–water partition coefficient (Wildman–Crippen LogP) is 5.40. The summed E-state index contributed by atoms with van der Waals surface area (Å²) >= 11 is 0. The molecular formula is C16H30OSi2. The van der Waals surface area contributed by atoms with Gasteiger partial charge in [-0.1, -0.05) is 63.3 Å². The Morgan fingerprint density at radius 3 is 1.21 bits per heavy atom. The van der Waals surface area contributed by atoms with Gasteiger partial charge in [0.25, 0.3) is 0 Å². The lowest BCUT2D eigenvalue weighted by atomic mass is 10.4. The van der Waals surface area contributed by atoms with E-state index >= 15 is 0 Å². The first kappa shape index (κ1) is 18.4. The smallest absolute Gasteiger partial charge is 0.232 e. The van der Waals surface area contributed by atoms with E-state index in [-0.39, 0.29) is 0 Å². The van der Waals surface area contributed by atoms with Crippen LogP contribution in [0.15, 0.2) is 49.1 Å². The van der Waals surface area contributed by atoms with Gasteiger partial charge in [0.2, 0.25) is 16.6 Å². The fraction of sp³-hybridized carbons (Fsp3) is 0.500. The van der Waals surface area contributed by atoms with Gasteiger partial charge in [-0.2, -0.15) is 0 Å². The third-order valence-corrected chi connectivity index (χ3v) is 13.7. The van der Waals surface area contributed by atoms with Gasteiger partial charge in [-0.05, 0) is 11.1 Å². The summed E-state index contributed by atoms with van der Waals surface area (Å²) in [5.74, 6) is 0. The van der Waals surface area contributed by atoms with Gasteiger partial charge in [-0.25, -0.2) is 0 Å². The van der Waals surface area contributed by atoms with Crippen molar-refractivity contribution in [3.8, 4) is 0 Å². The number of rotatable bonds is 10. The Labute approximate surface area is 122 Å². The molecule has 0 aromatic rings. The first-order valence-electron chi connectivity index (χ1n) is 7.16. The van der Waals surface area contributed by atoms with Gasteiger partial charge in [0, 0.05) is 0 Å². The zero-order valence-corrected chi connectivity index (χ0v) is 15.1. The van der Waals surface area contributed by atoms with Crippen LogP contribution in [0.25, 0.3) is 0 Å². The summed E-state index contributed by atoms with van der Waals surface area (Å²) < 4.78 is 6.73. The number of hydrogen-bond donors (Lipinski definition) is 0. The summed E-state index contributed by atoms with van der Waals surface area (Å²) in [6.07, 6.45) is 2.15. The van der Waals surface area contributed by atoms with Crippen LogP contribution in [0.2, 0.25) is 11.1 Å².